The Morgan fingerprint density at radius 1 is 1.36 bits per heavy atom. The van der Waals surface area contributed by atoms with Gasteiger partial charge >= 0.3 is 0 Å². The topological polar surface area (TPSA) is 12.0 Å². The first kappa shape index (κ1) is 10.9. The highest BCUT2D eigenvalue weighted by Gasteiger charge is 1.87. The Morgan fingerprint density at radius 2 is 2.18 bits per heavy atom. The molecular formula is C9H17NS. The van der Waals surface area contributed by atoms with Gasteiger partial charge in [-0.25, -0.2) is 0 Å². The first-order chi connectivity index (χ1) is 5.41. The lowest BCUT2D eigenvalue weighted by Gasteiger charge is -1.99. The summed E-state index contributed by atoms with van der Waals surface area (Å²) in [6.45, 7) is 1.78. The van der Waals surface area contributed by atoms with E-state index < -0.39 is 0 Å². The van der Waals surface area contributed by atoms with Crippen molar-refractivity contribution in [2.75, 3.05) is 25.1 Å². The van der Waals surface area contributed by atoms with Gasteiger partial charge in [-0.1, -0.05) is 12.3 Å². The fourth-order valence-corrected chi connectivity index (χ4v) is 1.33. The molecule has 0 unspecified atom stereocenters. The zero-order chi connectivity index (χ0) is 8.36. The minimum absolute atomic E-state index is 0.711. The third-order valence-corrected chi connectivity index (χ3v) is 2.13. The third kappa shape index (κ3) is 9.87. The molecule has 0 amide bonds. The van der Waals surface area contributed by atoms with E-state index >= 15 is 0 Å². The van der Waals surface area contributed by atoms with Crippen molar-refractivity contribution in [3.8, 4) is 12.3 Å². The van der Waals surface area contributed by atoms with Gasteiger partial charge < -0.3 is 5.32 Å². The molecule has 1 N–H and O–H groups in total. The van der Waals surface area contributed by atoms with Crippen molar-refractivity contribution in [2.45, 2.75) is 19.3 Å². The largest absolute Gasteiger partial charge is 0.306 e. The van der Waals surface area contributed by atoms with Crippen LogP contribution in [-0.2, 0) is 0 Å². The van der Waals surface area contributed by atoms with Crippen LogP contribution in [-0.4, -0.2) is 25.1 Å². The third-order valence-electron chi connectivity index (χ3n) is 1.43. The zero-order valence-corrected chi connectivity index (χ0v) is 8.04. The molecule has 0 saturated heterocycles. The van der Waals surface area contributed by atoms with Gasteiger partial charge in [0.15, 0.2) is 0 Å². The van der Waals surface area contributed by atoms with E-state index in [-0.39, 0.29) is 0 Å². The van der Waals surface area contributed by atoms with Crippen LogP contribution < -0.4 is 5.32 Å². The minimum atomic E-state index is 0.711. The molecule has 2 heteroatoms. The molecule has 0 heterocycles. The summed E-state index contributed by atoms with van der Waals surface area (Å²) in [6.07, 6.45) is 11.1. The van der Waals surface area contributed by atoms with Crippen LogP contribution in [0.25, 0.3) is 0 Å². The monoisotopic (exact) mass is 171 g/mol. The summed E-state index contributed by atoms with van der Waals surface area (Å²) < 4.78 is 0. The van der Waals surface area contributed by atoms with Gasteiger partial charge in [-0.2, -0.15) is 11.8 Å². The summed E-state index contributed by atoms with van der Waals surface area (Å²) in [5.41, 5.74) is 0. The van der Waals surface area contributed by atoms with E-state index in [2.05, 4.69) is 17.5 Å². The Bertz CT molecular complexity index is 107. The fraction of sp³-hybridized carbons (Fsp3) is 0.778. The standard InChI is InChI=1S/C9H17NS/c1-3-7-10-8-5-4-6-9-11-2/h1,10H,4-9H2,2H3. The second-order valence-corrected chi connectivity index (χ2v) is 3.42. The van der Waals surface area contributed by atoms with Crippen molar-refractivity contribution < 1.29 is 0 Å². The quantitative estimate of drug-likeness (QED) is 0.462. The number of rotatable bonds is 7. The number of terminal acetylenes is 1. The van der Waals surface area contributed by atoms with Crippen LogP contribution in [0.2, 0.25) is 0 Å². The Morgan fingerprint density at radius 3 is 2.82 bits per heavy atom. The Hall–Kier alpha value is -0.130. The second-order valence-electron chi connectivity index (χ2n) is 2.43. The Balaban J connectivity index is 2.75. The van der Waals surface area contributed by atoms with Crippen LogP contribution >= 0.6 is 11.8 Å². The molecular weight excluding hydrogens is 154 g/mol. The maximum Gasteiger partial charge on any atom is 0.0573 e. The summed E-state index contributed by atoms with van der Waals surface area (Å²) in [7, 11) is 0. The lowest BCUT2D eigenvalue weighted by molar-refractivity contribution is 0.653. The van der Waals surface area contributed by atoms with Crippen LogP contribution in [0.1, 0.15) is 19.3 Å². The number of unbranched alkanes of at least 4 members (excludes halogenated alkanes) is 2. The lowest BCUT2D eigenvalue weighted by atomic mass is 10.2. The molecule has 0 radical (unpaired) electrons. The van der Waals surface area contributed by atoms with Gasteiger partial charge in [-0.15, -0.1) is 6.42 Å². The number of nitrogens with one attached hydrogen (secondary N) is 1. The smallest absolute Gasteiger partial charge is 0.0573 e. The molecule has 0 atom stereocenters. The van der Waals surface area contributed by atoms with E-state index in [9.17, 15) is 0 Å². The molecule has 0 aliphatic heterocycles. The van der Waals surface area contributed by atoms with E-state index in [1.54, 1.807) is 0 Å². The van der Waals surface area contributed by atoms with Crippen LogP contribution in [0.3, 0.4) is 0 Å². The molecule has 0 aliphatic carbocycles. The Kier molecular flexibility index (Phi) is 9.75. The SMILES string of the molecule is C#CCNCCCCCSC. The maximum atomic E-state index is 5.08. The van der Waals surface area contributed by atoms with E-state index in [0.717, 1.165) is 6.54 Å². The van der Waals surface area contributed by atoms with Gasteiger partial charge in [0, 0.05) is 0 Å². The molecule has 0 bridgehead atoms. The highest BCUT2D eigenvalue weighted by molar-refractivity contribution is 7.98. The molecule has 0 saturated carbocycles. The molecule has 0 aromatic rings. The molecule has 0 aliphatic rings. The summed E-state index contributed by atoms with van der Waals surface area (Å²) in [5.74, 6) is 3.84. The van der Waals surface area contributed by atoms with Crippen molar-refractivity contribution >= 4 is 11.8 Å². The summed E-state index contributed by atoms with van der Waals surface area (Å²) >= 11 is 1.92. The van der Waals surface area contributed by atoms with Crippen LogP contribution in [0.4, 0.5) is 0 Å². The molecule has 11 heavy (non-hydrogen) atoms. The number of hydrogen-bond acceptors (Lipinski definition) is 2. The highest BCUT2D eigenvalue weighted by Crippen LogP contribution is 2.00. The van der Waals surface area contributed by atoms with E-state index in [1.165, 1.54) is 25.0 Å². The molecule has 1 nitrogen and oxygen atoms in total. The van der Waals surface area contributed by atoms with E-state index in [4.69, 9.17) is 6.42 Å². The minimum Gasteiger partial charge on any atom is -0.306 e. The molecule has 0 fully saturated rings. The van der Waals surface area contributed by atoms with Gasteiger partial charge in [0.05, 0.1) is 6.54 Å². The Labute approximate surface area is 74.3 Å². The zero-order valence-electron chi connectivity index (χ0n) is 7.23. The molecule has 0 rings (SSSR count). The fourth-order valence-electron chi connectivity index (χ4n) is 0.834. The van der Waals surface area contributed by atoms with E-state index in [1.807, 2.05) is 11.8 Å². The molecule has 0 spiro atoms. The van der Waals surface area contributed by atoms with Crippen molar-refractivity contribution in [1.82, 2.24) is 5.32 Å². The normalized spacial score (nSPS) is 9.45. The van der Waals surface area contributed by atoms with E-state index in [0.29, 0.717) is 6.54 Å². The lowest BCUT2D eigenvalue weighted by Crippen LogP contribution is -2.14. The van der Waals surface area contributed by atoms with Gasteiger partial charge in [0.2, 0.25) is 0 Å². The van der Waals surface area contributed by atoms with Gasteiger partial charge in [0.25, 0.3) is 0 Å². The predicted octanol–water partition coefficient (Wildman–Crippen LogP) is 1.74. The average molecular weight is 171 g/mol. The van der Waals surface area contributed by atoms with Crippen LogP contribution in [0.15, 0.2) is 0 Å². The summed E-state index contributed by atoms with van der Waals surface area (Å²) in [4.78, 5) is 0. The average Bonchev–Trinajstić information content (AvgIpc) is 2.03. The second kappa shape index (κ2) is 9.87. The van der Waals surface area contributed by atoms with Gasteiger partial charge in [-0.05, 0) is 31.4 Å². The first-order valence-electron chi connectivity index (χ1n) is 4.05. The van der Waals surface area contributed by atoms with Crippen LogP contribution in [0, 0.1) is 12.3 Å². The summed E-state index contributed by atoms with van der Waals surface area (Å²) in [5, 5.41) is 3.17. The number of hydrogen-bond donors (Lipinski definition) is 1. The maximum absolute atomic E-state index is 5.08. The van der Waals surface area contributed by atoms with Crippen molar-refractivity contribution in [2.24, 2.45) is 0 Å². The van der Waals surface area contributed by atoms with Crippen molar-refractivity contribution in [1.29, 1.82) is 0 Å². The first-order valence-corrected chi connectivity index (χ1v) is 5.44. The number of thioether (sulfide) groups is 1. The predicted molar refractivity (Wildman–Crippen MR) is 53.9 cm³/mol. The molecule has 0 aromatic carbocycles. The highest BCUT2D eigenvalue weighted by atomic mass is 32.2. The molecule has 64 valence electrons. The van der Waals surface area contributed by atoms with Crippen molar-refractivity contribution in [3.63, 3.8) is 0 Å². The van der Waals surface area contributed by atoms with Gasteiger partial charge in [-0.3, -0.25) is 0 Å². The summed E-state index contributed by atoms with van der Waals surface area (Å²) in [6, 6.07) is 0. The van der Waals surface area contributed by atoms with Crippen LogP contribution in [0.5, 0.6) is 0 Å². The van der Waals surface area contributed by atoms with Gasteiger partial charge in [0.1, 0.15) is 0 Å². The van der Waals surface area contributed by atoms with Crippen molar-refractivity contribution in [3.05, 3.63) is 0 Å². The molecule has 0 aromatic heterocycles.